The number of nitrogens with zero attached hydrogens (tertiary/aromatic N) is 3. The highest BCUT2D eigenvalue weighted by Crippen LogP contribution is 2.29. The van der Waals surface area contributed by atoms with Crippen LogP contribution in [0.5, 0.6) is 11.5 Å². The molecule has 194 valence electrons. The van der Waals surface area contributed by atoms with Crippen LogP contribution >= 0.6 is 0 Å². The number of hydrogen-bond donors (Lipinski definition) is 1. The fourth-order valence-electron chi connectivity index (χ4n) is 3.96. The van der Waals surface area contributed by atoms with E-state index >= 15 is 0 Å². The van der Waals surface area contributed by atoms with E-state index in [1.807, 2.05) is 30.3 Å². The molecule has 0 aliphatic carbocycles. The molecule has 36 heavy (non-hydrogen) atoms. The number of methoxy groups -OCH3 is 2. The molecule has 3 rings (SSSR count). The molecule has 0 saturated heterocycles. The molecule has 1 aliphatic rings. The molecule has 1 aliphatic heterocycles. The van der Waals surface area contributed by atoms with E-state index in [9.17, 15) is 9.59 Å². The normalized spacial score (nSPS) is 13.4. The Labute approximate surface area is 213 Å². The van der Waals surface area contributed by atoms with E-state index in [0.717, 1.165) is 42.9 Å². The van der Waals surface area contributed by atoms with Crippen LogP contribution in [0.3, 0.4) is 0 Å². The Hall–Kier alpha value is -3.59. The minimum absolute atomic E-state index is 0.0327. The van der Waals surface area contributed by atoms with Crippen LogP contribution in [0.4, 0.5) is 10.5 Å². The summed E-state index contributed by atoms with van der Waals surface area (Å²) < 4.78 is 16.0. The fraction of sp³-hybridized carbons (Fsp3) is 0.444. The number of ether oxygens (including phenoxy) is 3. The maximum atomic E-state index is 12.5. The number of anilines is 1. The number of nitrogens with one attached hydrogen (secondary N) is 1. The Kier molecular flexibility index (Phi) is 10.1. The molecule has 1 heterocycles. The lowest BCUT2D eigenvalue weighted by atomic mass is 10.0. The summed E-state index contributed by atoms with van der Waals surface area (Å²) in [5.74, 6) is 1.23. The molecule has 2 amide bonds. The Morgan fingerprint density at radius 2 is 1.75 bits per heavy atom. The third kappa shape index (κ3) is 7.45. The summed E-state index contributed by atoms with van der Waals surface area (Å²) in [7, 11) is 3.18. The minimum Gasteiger partial charge on any atom is -0.493 e. The third-order valence-electron chi connectivity index (χ3n) is 6.10. The smallest absolute Gasteiger partial charge is 0.411 e. The molecule has 0 atom stereocenters. The SMILES string of the molecule is CCN(CC)CCCOC(=O)Nc1ccc(CN2N=C(c3ccc(OC)c(OC)c3)CCC2=O)cc1. The molecule has 0 unspecified atom stereocenters. The Bertz CT molecular complexity index is 1050. The zero-order valence-corrected chi connectivity index (χ0v) is 21.6. The summed E-state index contributed by atoms with van der Waals surface area (Å²) in [4.78, 5) is 26.9. The Morgan fingerprint density at radius 3 is 2.42 bits per heavy atom. The molecule has 9 heteroatoms. The summed E-state index contributed by atoms with van der Waals surface area (Å²) in [6.45, 7) is 7.82. The first-order valence-corrected chi connectivity index (χ1v) is 12.3. The van der Waals surface area contributed by atoms with E-state index in [2.05, 4.69) is 29.2 Å². The van der Waals surface area contributed by atoms with Gasteiger partial charge in [0.25, 0.3) is 0 Å². The van der Waals surface area contributed by atoms with Gasteiger partial charge in [0, 0.05) is 30.6 Å². The van der Waals surface area contributed by atoms with E-state index in [0.29, 0.717) is 43.2 Å². The largest absolute Gasteiger partial charge is 0.493 e. The van der Waals surface area contributed by atoms with E-state index in [1.165, 1.54) is 5.01 Å². The second-order valence-electron chi connectivity index (χ2n) is 8.41. The van der Waals surface area contributed by atoms with Crippen LogP contribution in [-0.2, 0) is 16.1 Å². The zero-order valence-electron chi connectivity index (χ0n) is 21.6. The van der Waals surface area contributed by atoms with Gasteiger partial charge in [0.15, 0.2) is 11.5 Å². The summed E-state index contributed by atoms with van der Waals surface area (Å²) in [5, 5.41) is 8.84. The maximum Gasteiger partial charge on any atom is 0.411 e. The predicted molar refractivity (Wildman–Crippen MR) is 140 cm³/mol. The average molecular weight is 497 g/mol. The summed E-state index contributed by atoms with van der Waals surface area (Å²) in [6, 6.07) is 12.9. The van der Waals surface area contributed by atoms with Crippen LogP contribution in [0.1, 0.15) is 44.2 Å². The molecule has 0 bridgehead atoms. The lowest BCUT2D eigenvalue weighted by molar-refractivity contribution is -0.132. The highest BCUT2D eigenvalue weighted by atomic mass is 16.5. The first-order chi connectivity index (χ1) is 17.5. The topological polar surface area (TPSA) is 92.7 Å². The van der Waals surface area contributed by atoms with Gasteiger partial charge in [-0.1, -0.05) is 26.0 Å². The van der Waals surface area contributed by atoms with E-state index in [1.54, 1.807) is 26.4 Å². The number of hydrogen-bond acceptors (Lipinski definition) is 7. The van der Waals surface area contributed by atoms with Crippen LogP contribution < -0.4 is 14.8 Å². The van der Waals surface area contributed by atoms with Gasteiger partial charge in [0.05, 0.1) is 33.1 Å². The maximum absolute atomic E-state index is 12.5. The molecule has 0 radical (unpaired) electrons. The minimum atomic E-state index is -0.474. The van der Waals surface area contributed by atoms with Crippen molar-refractivity contribution in [1.29, 1.82) is 0 Å². The summed E-state index contributed by atoms with van der Waals surface area (Å²) in [5.41, 5.74) is 3.24. The molecule has 0 saturated carbocycles. The van der Waals surface area contributed by atoms with Gasteiger partial charge >= 0.3 is 6.09 Å². The van der Waals surface area contributed by atoms with Crippen LogP contribution in [-0.4, -0.2) is 68.1 Å². The van der Waals surface area contributed by atoms with Gasteiger partial charge < -0.3 is 19.1 Å². The van der Waals surface area contributed by atoms with E-state index < -0.39 is 6.09 Å². The third-order valence-corrected chi connectivity index (χ3v) is 6.10. The highest BCUT2D eigenvalue weighted by molar-refractivity contribution is 6.04. The van der Waals surface area contributed by atoms with Crippen molar-refractivity contribution < 1.29 is 23.8 Å². The standard InChI is InChI=1S/C27H36N4O5/c1-5-30(6-2)16-7-17-36-27(33)28-22-11-8-20(9-12-22)19-31-26(32)15-13-23(29-31)21-10-14-24(34-3)25(18-21)35-4/h8-12,14,18H,5-7,13,15-17,19H2,1-4H3,(H,28,33). The van der Waals surface area contributed by atoms with Crippen molar-refractivity contribution in [2.45, 2.75) is 39.7 Å². The van der Waals surface area contributed by atoms with E-state index in [-0.39, 0.29) is 5.91 Å². The lowest BCUT2D eigenvalue weighted by Crippen LogP contribution is -2.31. The lowest BCUT2D eigenvalue weighted by Gasteiger charge is -2.24. The summed E-state index contributed by atoms with van der Waals surface area (Å²) in [6.07, 6.45) is 1.26. The van der Waals surface area contributed by atoms with Gasteiger partial charge in [-0.25, -0.2) is 9.80 Å². The van der Waals surface area contributed by atoms with Crippen molar-refractivity contribution in [3.8, 4) is 11.5 Å². The van der Waals surface area contributed by atoms with Gasteiger partial charge in [-0.3, -0.25) is 10.1 Å². The van der Waals surface area contributed by atoms with Gasteiger partial charge in [0.2, 0.25) is 5.91 Å². The van der Waals surface area contributed by atoms with Crippen LogP contribution in [0, 0.1) is 0 Å². The number of benzene rings is 2. The number of carbonyl (C=O) groups excluding carboxylic acids is 2. The second kappa shape index (κ2) is 13.5. The molecule has 9 nitrogen and oxygen atoms in total. The van der Waals surface area contributed by atoms with Crippen molar-refractivity contribution in [3.63, 3.8) is 0 Å². The monoisotopic (exact) mass is 496 g/mol. The fourth-order valence-corrected chi connectivity index (χ4v) is 3.96. The first kappa shape index (κ1) is 27.0. The highest BCUT2D eigenvalue weighted by Gasteiger charge is 2.22. The quantitative estimate of drug-likeness (QED) is 0.435. The number of hydrazone groups is 1. The Balaban J connectivity index is 1.56. The number of carbonyl (C=O) groups is 2. The van der Waals surface area contributed by atoms with Crippen LogP contribution in [0.2, 0.25) is 0 Å². The molecule has 2 aromatic rings. The summed E-state index contributed by atoms with van der Waals surface area (Å²) >= 11 is 0. The van der Waals surface area contributed by atoms with Crippen molar-refractivity contribution in [1.82, 2.24) is 9.91 Å². The van der Waals surface area contributed by atoms with Crippen molar-refractivity contribution >= 4 is 23.4 Å². The predicted octanol–water partition coefficient (Wildman–Crippen LogP) is 4.51. The van der Waals surface area contributed by atoms with E-state index in [4.69, 9.17) is 14.2 Å². The molecular weight excluding hydrogens is 460 g/mol. The van der Waals surface area contributed by atoms with Gasteiger partial charge in [-0.2, -0.15) is 5.10 Å². The molecule has 0 aromatic heterocycles. The average Bonchev–Trinajstić information content (AvgIpc) is 2.90. The number of rotatable bonds is 12. The molecule has 0 fully saturated rings. The van der Waals surface area contributed by atoms with Crippen molar-refractivity contribution in [3.05, 3.63) is 53.6 Å². The number of amides is 2. The molecular formula is C27H36N4O5. The zero-order chi connectivity index (χ0) is 25.9. The molecule has 0 spiro atoms. The van der Waals surface area contributed by atoms with Gasteiger partial charge in [0.1, 0.15) is 0 Å². The van der Waals surface area contributed by atoms with Crippen LogP contribution in [0.25, 0.3) is 0 Å². The van der Waals surface area contributed by atoms with Gasteiger partial charge in [-0.05, 0) is 55.4 Å². The van der Waals surface area contributed by atoms with Gasteiger partial charge in [-0.15, -0.1) is 0 Å². The first-order valence-electron chi connectivity index (χ1n) is 12.3. The Morgan fingerprint density at radius 1 is 1.03 bits per heavy atom. The molecule has 1 N–H and O–H groups in total. The van der Waals surface area contributed by atoms with Crippen LogP contribution in [0.15, 0.2) is 47.6 Å². The second-order valence-corrected chi connectivity index (χ2v) is 8.41. The van der Waals surface area contributed by atoms with Crippen molar-refractivity contribution in [2.75, 3.05) is 45.8 Å². The van der Waals surface area contributed by atoms with Crippen molar-refractivity contribution in [2.24, 2.45) is 5.10 Å². The molecule has 2 aromatic carbocycles.